The molecular formula is C27H37N3O7. The van der Waals surface area contributed by atoms with Crippen LogP contribution in [0.1, 0.15) is 66.5 Å². The van der Waals surface area contributed by atoms with Crippen LogP contribution in [0.15, 0.2) is 36.8 Å². The zero-order valence-corrected chi connectivity index (χ0v) is 22.6. The van der Waals surface area contributed by atoms with Crippen LogP contribution < -0.4 is 4.74 Å². The number of carbonyl (C=O) groups excluding carboxylic acids is 2. The minimum absolute atomic E-state index is 0.0519. The van der Waals surface area contributed by atoms with Crippen molar-refractivity contribution in [3.8, 4) is 11.4 Å². The van der Waals surface area contributed by atoms with Crippen LogP contribution in [0.25, 0.3) is 5.69 Å². The summed E-state index contributed by atoms with van der Waals surface area (Å²) in [4.78, 5) is 43.1. The Balaban J connectivity index is 1.69. The number of methoxy groups -OCH3 is 1. The monoisotopic (exact) mass is 515 g/mol. The molecular weight excluding hydrogens is 478 g/mol. The molecule has 0 radical (unpaired) electrons. The highest BCUT2D eigenvalue weighted by atomic mass is 16.6. The number of hydrogen-bond donors (Lipinski definition) is 1. The Bertz CT molecular complexity index is 1100. The lowest BCUT2D eigenvalue weighted by atomic mass is 9.97. The molecule has 1 N–H and O–H groups in total. The van der Waals surface area contributed by atoms with Crippen LogP contribution in [-0.4, -0.2) is 62.6 Å². The molecule has 0 spiro atoms. The first-order valence-corrected chi connectivity index (χ1v) is 12.3. The molecule has 0 bridgehead atoms. The van der Waals surface area contributed by atoms with E-state index >= 15 is 0 Å². The molecule has 1 aliphatic carbocycles. The van der Waals surface area contributed by atoms with Gasteiger partial charge >= 0.3 is 18.2 Å². The summed E-state index contributed by atoms with van der Waals surface area (Å²) in [5, 5.41) is 10.1. The van der Waals surface area contributed by atoms with E-state index in [1.165, 1.54) is 0 Å². The van der Waals surface area contributed by atoms with Gasteiger partial charge in [0.05, 0.1) is 19.1 Å². The molecule has 10 nitrogen and oxygen atoms in total. The third kappa shape index (κ3) is 6.81. The highest BCUT2D eigenvalue weighted by Gasteiger charge is 2.62. The fraction of sp³-hybridized carbons (Fsp3) is 0.556. The Morgan fingerprint density at radius 2 is 1.62 bits per heavy atom. The maximum atomic E-state index is 12.7. The topological polar surface area (TPSA) is 120 Å². The Hall–Kier alpha value is -3.56. The van der Waals surface area contributed by atoms with Crippen molar-refractivity contribution in [3.05, 3.63) is 42.5 Å². The van der Waals surface area contributed by atoms with Gasteiger partial charge in [-0.1, -0.05) is 0 Å². The smallest absolute Gasteiger partial charge is 0.419 e. The second kappa shape index (κ2) is 10.4. The Kier molecular flexibility index (Phi) is 7.90. The SMILES string of the molecule is COc1ccc(-n2cnc(C3(C(=O)O)CC3CCCN(C(=O)OC(C)(C)C)C(=O)OC(C)(C)C)c2)cc1. The molecule has 1 saturated carbocycles. The molecule has 2 aromatic rings. The number of imidazole rings is 1. The van der Waals surface area contributed by atoms with Crippen molar-refractivity contribution in [2.45, 2.75) is 77.4 Å². The van der Waals surface area contributed by atoms with E-state index in [0.29, 0.717) is 25.0 Å². The van der Waals surface area contributed by atoms with Crippen LogP contribution in [0, 0.1) is 5.92 Å². The standard InChI is InChI=1S/C27H37N3O7/c1-25(2,3)36-23(33)30(24(34)37-26(4,5)6)14-8-9-18-15-27(18,22(31)32)21-16-29(17-28-21)19-10-12-20(35-7)13-11-19/h10-13,16-18H,8-9,14-15H2,1-7H3,(H,31,32). The number of aromatic nitrogens is 2. The molecule has 1 aromatic heterocycles. The van der Waals surface area contributed by atoms with Crippen LogP contribution in [0.2, 0.25) is 0 Å². The van der Waals surface area contributed by atoms with Gasteiger partial charge in [-0.25, -0.2) is 19.5 Å². The summed E-state index contributed by atoms with van der Waals surface area (Å²) in [7, 11) is 1.59. The minimum Gasteiger partial charge on any atom is -0.497 e. The van der Waals surface area contributed by atoms with E-state index in [1.807, 2.05) is 24.3 Å². The number of imide groups is 1. The normalized spacial score (nSPS) is 19.2. The molecule has 1 aliphatic rings. The number of amides is 2. The van der Waals surface area contributed by atoms with E-state index in [9.17, 15) is 19.5 Å². The van der Waals surface area contributed by atoms with E-state index in [2.05, 4.69) is 4.98 Å². The van der Waals surface area contributed by atoms with Gasteiger partial charge < -0.3 is 23.9 Å². The zero-order chi connectivity index (χ0) is 27.6. The van der Waals surface area contributed by atoms with Crippen molar-refractivity contribution >= 4 is 18.2 Å². The third-order valence-corrected chi connectivity index (χ3v) is 6.06. The van der Waals surface area contributed by atoms with Crippen molar-refractivity contribution < 1.29 is 33.7 Å². The third-order valence-electron chi connectivity index (χ3n) is 6.06. The summed E-state index contributed by atoms with van der Waals surface area (Å²) in [5.41, 5.74) is -1.34. The molecule has 3 rings (SSSR count). The molecule has 10 heteroatoms. The van der Waals surface area contributed by atoms with Crippen molar-refractivity contribution in [1.29, 1.82) is 0 Å². The van der Waals surface area contributed by atoms with E-state index in [0.717, 1.165) is 16.3 Å². The van der Waals surface area contributed by atoms with Gasteiger partial charge in [0.25, 0.3) is 0 Å². The van der Waals surface area contributed by atoms with Gasteiger partial charge in [0.1, 0.15) is 22.4 Å². The number of hydrogen-bond acceptors (Lipinski definition) is 7. The van der Waals surface area contributed by atoms with Crippen molar-refractivity contribution in [3.63, 3.8) is 0 Å². The summed E-state index contributed by atoms with van der Waals surface area (Å²) < 4.78 is 17.7. The van der Waals surface area contributed by atoms with Crippen LogP contribution >= 0.6 is 0 Å². The van der Waals surface area contributed by atoms with Crippen molar-refractivity contribution in [2.75, 3.05) is 13.7 Å². The fourth-order valence-corrected chi connectivity index (χ4v) is 4.20. The molecule has 1 heterocycles. The van der Waals surface area contributed by atoms with Gasteiger partial charge in [-0.3, -0.25) is 4.79 Å². The lowest BCUT2D eigenvalue weighted by Gasteiger charge is -2.28. The average Bonchev–Trinajstić information content (AvgIpc) is 3.30. The molecule has 202 valence electrons. The summed E-state index contributed by atoms with van der Waals surface area (Å²) >= 11 is 0. The number of nitrogens with zero attached hydrogens (tertiary/aromatic N) is 3. The van der Waals surface area contributed by atoms with Crippen LogP contribution in [-0.2, 0) is 19.7 Å². The lowest BCUT2D eigenvalue weighted by Crippen LogP contribution is -2.44. The van der Waals surface area contributed by atoms with E-state index in [1.54, 1.807) is 65.7 Å². The molecule has 0 saturated heterocycles. The fourth-order valence-electron chi connectivity index (χ4n) is 4.20. The van der Waals surface area contributed by atoms with Gasteiger partial charge in [-0.05, 0) is 91.0 Å². The second-order valence-corrected chi connectivity index (χ2v) is 11.3. The first-order chi connectivity index (χ1) is 17.2. The number of carboxylic acids is 1. The molecule has 2 amide bonds. The Labute approximate surface area is 217 Å². The predicted octanol–water partition coefficient (Wildman–Crippen LogP) is 5.18. The number of benzene rings is 1. The molecule has 0 aliphatic heterocycles. The largest absolute Gasteiger partial charge is 0.497 e. The summed E-state index contributed by atoms with van der Waals surface area (Å²) in [6.07, 6.45) is 3.08. The minimum atomic E-state index is -1.10. The Morgan fingerprint density at radius 1 is 1.05 bits per heavy atom. The maximum Gasteiger partial charge on any atom is 0.419 e. The Morgan fingerprint density at radius 3 is 2.11 bits per heavy atom. The van der Waals surface area contributed by atoms with E-state index in [-0.39, 0.29) is 12.5 Å². The first-order valence-electron chi connectivity index (χ1n) is 12.3. The number of carboxylic acid groups (broad SMARTS) is 1. The van der Waals surface area contributed by atoms with E-state index < -0.39 is 34.8 Å². The van der Waals surface area contributed by atoms with Crippen LogP contribution in [0.4, 0.5) is 9.59 Å². The number of rotatable bonds is 8. The highest BCUT2D eigenvalue weighted by molar-refractivity contribution is 5.88. The van der Waals surface area contributed by atoms with Crippen LogP contribution in [0.5, 0.6) is 5.75 Å². The second-order valence-electron chi connectivity index (χ2n) is 11.3. The predicted molar refractivity (Wildman–Crippen MR) is 136 cm³/mol. The summed E-state index contributed by atoms with van der Waals surface area (Å²) in [5.74, 6) is -0.392. The quantitative estimate of drug-likeness (QED) is 0.511. The highest BCUT2D eigenvalue weighted by Crippen LogP contribution is 2.56. The van der Waals surface area contributed by atoms with E-state index in [4.69, 9.17) is 14.2 Å². The summed E-state index contributed by atoms with van der Waals surface area (Å²) in [6.45, 7) is 10.4. The molecule has 1 aromatic carbocycles. The van der Waals surface area contributed by atoms with Gasteiger partial charge in [-0.2, -0.15) is 0 Å². The summed E-state index contributed by atoms with van der Waals surface area (Å²) in [6, 6.07) is 7.38. The molecule has 37 heavy (non-hydrogen) atoms. The van der Waals surface area contributed by atoms with Crippen molar-refractivity contribution in [2.24, 2.45) is 5.92 Å². The molecule has 2 unspecified atom stereocenters. The van der Waals surface area contributed by atoms with Gasteiger partial charge in [-0.15, -0.1) is 0 Å². The van der Waals surface area contributed by atoms with Gasteiger partial charge in [0.2, 0.25) is 0 Å². The number of carbonyl (C=O) groups is 3. The maximum absolute atomic E-state index is 12.7. The number of ether oxygens (including phenoxy) is 3. The molecule has 1 fully saturated rings. The van der Waals surface area contributed by atoms with Crippen LogP contribution in [0.3, 0.4) is 0 Å². The zero-order valence-electron chi connectivity index (χ0n) is 22.6. The average molecular weight is 516 g/mol. The van der Waals surface area contributed by atoms with Crippen molar-refractivity contribution in [1.82, 2.24) is 14.5 Å². The first kappa shape index (κ1) is 28.0. The lowest BCUT2D eigenvalue weighted by molar-refractivity contribution is -0.140. The van der Waals surface area contributed by atoms with Gasteiger partial charge in [0.15, 0.2) is 0 Å². The van der Waals surface area contributed by atoms with Gasteiger partial charge in [0, 0.05) is 18.4 Å². The molecule has 2 atom stereocenters. The number of aliphatic carboxylic acids is 1.